The van der Waals surface area contributed by atoms with Crippen molar-refractivity contribution in [3.63, 3.8) is 0 Å². The highest BCUT2D eigenvalue weighted by Crippen LogP contribution is 2.19. The van der Waals surface area contributed by atoms with Gasteiger partial charge in [0, 0.05) is 17.8 Å². The Hall–Kier alpha value is -3.48. The van der Waals surface area contributed by atoms with Gasteiger partial charge in [0.05, 0.1) is 4.90 Å². The van der Waals surface area contributed by atoms with Gasteiger partial charge in [-0.1, -0.05) is 60.2 Å². The lowest BCUT2D eigenvalue weighted by atomic mass is 10.1. The number of benzene rings is 4. The fourth-order valence-corrected chi connectivity index (χ4v) is 4.31. The zero-order valence-corrected chi connectivity index (χ0v) is 17.8. The molecule has 0 aliphatic heterocycles. The second-order valence-corrected chi connectivity index (χ2v) is 9.12. The molecule has 0 saturated carbocycles. The number of rotatable bonds is 6. The Morgan fingerprint density at radius 1 is 0.806 bits per heavy atom. The van der Waals surface area contributed by atoms with Gasteiger partial charge in [0.1, 0.15) is 0 Å². The van der Waals surface area contributed by atoms with Gasteiger partial charge in [-0.2, -0.15) is 0 Å². The lowest BCUT2D eigenvalue weighted by Gasteiger charge is -2.10. The average Bonchev–Trinajstić information content (AvgIpc) is 2.79. The largest absolute Gasteiger partial charge is 0.322 e. The Morgan fingerprint density at radius 3 is 2.32 bits per heavy atom. The number of aryl methyl sites for hydroxylation is 1. The van der Waals surface area contributed by atoms with Crippen molar-refractivity contribution in [2.75, 3.05) is 5.32 Å². The molecule has 156 valence electrons. The number of amides is 1. The quantitative estimate of drug-likeness (QED) is 0.458. The normalized spacial score (nSPS) is 11.4. The van der Waals surface area contributed by atoms with E-state index in [9.17, 15) is 13.2 Å². The molecule has 0 fully saturated rings. The van der Waals surface area contributed by atoms with Crippen LogP contribution in [0, 0.1) is 6.92 Å². The van der Waals surface area contributed by atoms with E-state index in [4.69, 9.17) is 0 Å². The molecule has 0 saturated heterocycles. The Bertz CT molecular complexity index is 1350. The van der Waals surface area contributed by atoms with E-state index in [1.165, 1.54) is 0 Å². The summed E-state index contributed by atoms with van der Waals surface area (Å²) in [7, 11) is -3.69. The molecule has 0 heterocycles. The third-order valence-electron chi connectivity index (χ3n) is 5.00. The second kappa shape index (κ2) is 8.71. The lowest BCUT2D eigenvalue weighted by Crippen LogP contribution is -2.23. The molecule has 0 aliphatic carbocycles. The molecule has 0 aliphatic rings. The fraction of sp³-hybridized carbons (Fsp3) is 0.0800. The first kappa shape index (κ1) is 20.8. The van der Waals surface area contributed by atoms with Crippen LogP contribution >= 0.6 is 0 Å². The summed E-state index contributed by atoms with van der Waals surface area (Å²) in [6, 6.07) is 27.1. The van der Waals surface area contributed by atoms with Crippen LogP contribution in [-0.4, -0.2) is 14.3 Å². The van der Waals surface area contributed by atoms with E-state index in [0.29, 0.717) is 16.8 Å². The standard InChI is InChI=1S/C25H22N2O3S/c1-18-9-12-23(13-10-18)27-25(28)22-8-4-5-19(15-22)17-26-31(29,30)24-14-11-20-6-2-3-7-21(20)16-24/h2-16,26H,17H2,1H3,(H,27,28). The molecule has 0 aromatic heterocycles. The maximum Gasteiger partial charge on any atom is 0.255 e. The van der Waals surface area contributed by atoms with Gasteiger partial charge in [-0.25, -0.2) is 13.1 Å². The van der Waals surface area contributed by atoms with Crippen LogP contribution < -0.4 is 10.0 Å². The van der Waals surface area contributed by atoms with E-state index in [1.807, 2.05) is 55.5 Å². The van der Waals surface area contributed by atoms with Crippen molar-refractivity contribution in [1.29, 1.82) is 0 Å². The van der Waals surface area contributed by atoms with E-state index in [0.717, 1.165) is 16.3 Å². The van der Waals surface area contributed by atoms with E-state index in [2.05, 4.69) is 10.0 Å². The van der Waals surface area contributed by atoms with Crippen molar-refractivity contribution in [1.82, 2.24) is 4.72 Å². The van der Waals surface area contributed by atoms with Crippen molar-refractivity contribution < 1.29 is 13.2 Å². The zero-order chi connectivity index (χ0) is 21.8. The van der Waals surface area contributed by atoms with Crippen LogP contribution in [0.4, 0.5) is 5.69 Å². The minimum atomic E-state index is -3.69. The number of fused-ring (bicyclic) bond motifs is 1. The zero-order valence-electron chi connectivity index (χ0n) is 17.0. The van der Waals surface area contributed by atoms with Crippen molar-refractivity contribution in [3.05, 3.63) is 108 Å². The molecule has 0 spiro atoms. The first-order valence-corrected chi connectivity index (χ1v) is 11.3. The molecular weight excluding hydrogens is 408 g/mol. The number of nitrogens with one attached hydrogen (secondary N) is 2. The highest BCUT2D eigenvalue weighted by Gasteiger charge is 2.15. The summed E-state index contributed by atoms with van der Waals surface area (Å²) in [5, 5.41) is 4.69. The number of carbonyl (C=O) groups excluding carboxylic acids is 1. The highest BCUT2D eigenvalue weighted by atomic mass is 32.2. The molecule has 0 atom stereocenters. The first-order chi connectivity index (χ1) is 14.9. The van der Waals surface area contributed by atoms with Crippen LogP contribution in [0.25, 0.3) is 10.8 Å². The predicted octanol–water partition coefficient (Wildman–Crippen LogP) is 4.88. The molecule has 6 heteroatoms. The van der Waals surface area contributed by atoms with Crippen LogP contribution in [0.5, 0.6) is 0 Å². The summed E-state index contributed by atoms with van der Waals surface area (Å²) in [6.45, 7) is 2.06. The number of carbonyl (C=O) groups is 1. The molecule has 31 heavy (non-hydrogen) atoms. The van der Waals surface area contributed by atoms with Crippen molar-refractivity contribution >= 4 is 32.4 Å². The van der Waals surface area contributed by atoms with Gasteiger partial charge in [-0.05, 0) is 59.7 Å². The first-order valence-electron chi connectivity index (χ1n) is 9.86. The summed E-state index contributed by atoms with van der Waals surface area (Å²) in [5.74, 6) is -0.247. The van der Waals surface area contributed by atoms with Crippen LogP contribution in [0.15, 0.2) is 95.9 Å². The molecule has 4 aromatic rings. The summed E-state index contributed by atoms with van der Waals surface area (Å²) < 4.78 is 28.1. The number of hydrogen-bond donors (Lipinski definition) is 2. The third-order valence-corrected chi connectivity index (χ3v) is 6.40. The maximum absolute atomic E-state index is 12.7. The van der Waals surface area contributed by atoms with Gasteiger partial charge in [0.25, 0.3) is 5.91 Å². The Balaban J connectivity index is 1.46. The van der Waals surface area contributed by atoms with Gasteiger partial charge in [-0.3, -0.25) is 4.79 Å². The van der Waals surface area contributed by atoms with E-state index >= 15 is 0 Å². The van der Waals surface area contributed by atoms with Gasteiger partial charge in [0.15, 0.2) is 0 Å². The summed E-state index contributed by atoms with van der Waals surface area (Å²) >= 11 is 0. The van der Waals surface area contributed by atoms with Crippen molar-refractivity contribution in [2.45, 2.75) is 18.4 Å². The molecule has 1 amide bonds. The average molecular weight is 431 g/mol. The van der Waals surface area contributed by atoms with Crippen LogP contribution in [0.2, 0.25) is 0 Å². The van der Waals surface area contributed by atoms with E-state index in [-0.39, 0.29) is 17.3 Å². The molecule has 5 nitrogen and oxygen atoms in total. The number of sulfonamides is 1. The molecule has 0 unspecified atom stereocenters. The van der Waals surface area contributed by atoms with Crippen molar-refractivity contribution in [2.24, 2.45) is 0 Å². The highest BCUT2D eigenvalue weighted by molar-refractivity contribution is 7.89. The number of hydrogen-bond acceptors (Lipinski definition) is 3. The second-order valence-electron chi connectivity index (χ2n) is 7.35. The molecule has 4 rings (SSSR count). The van der Waals surface area contributed by atoms with Gasteiger partial charge in [0.2, 0.25) is 10.0 Å². The summed E-state index contributed by atoms with van der Waals surface area (Å²) in [4.78, 5) is 12.8. The molecular formula is C25H22N2O3S. The monoisotopic (exact) mass is 430 g/mol. The minimum Gasteiger partial charge on any atom is -0.322 e. The third kappa shape index (κ3) is 4.99. The Labute approximate surface area is 181 Å². The number of anilines is 1. The lowest BCUT2D eigenvalue weighted by molar-refractivity contribution is 0.102. The SMILES string of the molecule is Cc1ccc(NC(=O)c2cccc(CNS(=O)(=O)c3ccc4ccccc4c3)c2)cc1. The summed E-state index contributed by atoms with van der Waals surface area (Å²) in [6.07, 6.45) is 0. The van der Waals surface area contributed by atoms with Gasteiger partial charge < -0.3 is 5.32 Å². The predicted molar refractivity (Wildman–Crippen MR) is 124 cm³/mol. The smallest absolute Gasteiger partial charge is 0.255 e. The van der Waals surface area contributed by atoms with Crippen LogP contribution in [0.1, 0.15) is 21.5 Å². The molecule has 4 aromatic carbocycles. The van der Waals surface area contributed by atoms with E-state index in [1.54, 1.807) is 42.5 Å². The topological polar surface area (TPSA) is 75.3 Å². The van der Waals surface area contributed by atoms with Crippen LogP contribution in [-0.2, 0) is 16.6 Å². The summed E-state index contributed by atoms with van der Waals surface area (Å²) in [5.41, 5.74) is 2.97. The molecule has 0 bridgehead atoms. The van der Waals surface area contributed by atoms with Gasteiger partial charge >= 0.3 is 0 Å². The Morgan fingerprint density at radius 2 is 1.55 bits per heavy atom. The fourth-order valence-electron chi connectivity index (χ4n) is 3.26. The minimum absolute atomic E-state index is 0.0841. The Kier molecular flexibility index (Phi) is 5.84. The van der Waals surface area contributed by atoms with Crippen molar-refractivity contribution in [3.8, 4) is 0 Å². The molecule has 0 radical (unpaired) electrons. The van der Waals surface area contributed by atoms with Crippen LogP contribution in [0.3, 0.4) is 0 Å². The maximum atomic E-state index is 12.7. The molecule has 2 N–H and O–H groups in total. The van der Waals surface area contributed by atoms with Gasteiger partial charge in [-0.15, -0.1) is 0 Å². The van der Waals surface area contributed by atoms with E-state index < -0.39 is 10.0 Å².